The van der Waals surface area contributed by atoms with Crippen molar-refractivity contribution in [2.75, 3.05) is 26.6 Å². The van der Waals surface area contributed by atoms with Gasteiger partial charge < -0.3 is 19.5 Å². The Morgan fingerprint density at radius 1 is 1.04 bits per heavy atom. The Hall–Kier alpha value is -3.02. The van der Waals surface area contributed by atoms with Gasteiger partial charge in [-0.25, -0.2) is 4.39 Å². The Bertz CT molecular complexity index is 777. The van der Waals surface area contributed by atoms with Gasteiger partial charge in [-0.3, -0.25) is 4.79 Å². The number of hydrogen-bond acceptors (Lipinski definition) is 4. The molecule has 0 aliphatic rings. The van der Waals surface area contributed by atoms with E-state index in [1.807, 2.05) is 6.92 Å². The molecule has 1 amide bonds. The van der Waals surface area contributed by atoms with Gasteiger partial charge in [-0.2, -0.15) is 0 Å². The van der Waals surface area contributed by atoms with E-state index in [0.717, 1.165) is 5.56 Å². The van der Waals surface area contributed by atoms with Crippen LogP contribution in [0.15, 0.2) is 36.4 Å². The Labute approximate surface area is 146 Å². The van der Waals surface area contributed by atoms with Gasteiger partial charge in [-0.15, -0.1) is 0 Å². The summed E-state index contributed by atoms with van der Waals surface area (Å²) in [6, 6.07) is 7.93. The lowest BCUT2D eigenvalue weighted by Crippen LogP contribution is -2.09. The summed E-state index contributed by atoms with van der Waals surface area (Å²) >= 11 is 0. The fourth-order valence-electron chi connectivity index (χ4n) is 2.28. The number of benzene rings is 2. The van der Waals surface area contributed by atoms with Crippen LogP contribution in [0.4, 0.5) is 10.1 Å². The van der Waals surface area contributed by atoms with E-state index in [2.05, 4.69) is 5.32 Å². The molecule has 2 aromatic rings. The largest absolute Gasteiger partial charge is 0.493 e. The maximum atomic E-state index is 13.7. The van der Waals surface area contributed by atoms with Crippen LogP contribution in [-0.2, 0) is 4.79 Å². The SMILES string of the molecule is COc1cc(C=CC(=O)Nc2cc(C)ccc2F)cc(OC)c1OC. The number of nitrogens with one attached hydrogen (secondary N) is 1. The lowest BCUT2D eigenvalue weighted by molar-refractivity contribution is -0.111. The first-order valence-corrected chi connectivity index (χ1v) is 7.53. The summed E-state index contributed by atoms with van der Waals surface area (Å²) in [5.74, 6) is 0.491. The van der Waals surface area contributed by atoms with Gasteiger partial charge >= 0.3 is 0 Å². The van der Waals surface area contributed by atoms with Crippen LogP contribution in [0, 0.1) is 12.7 Å². The van der Waals surface area contributed by atoms with Crippen LogP contribution in [0.3, 0.4) is 0 Å². The van der Waals surface area contributed by atoms with E-state index >= 15 is 0 Å². The molecule has 0 unspecified atom stereocenters. The molecular weight excluding hydrogens is 325 g/mol. The van der Waals surface area contributed by atoms with Gasteiger partial charge in [-0.05, 0) is 48.4 Å². The Morgan fingerprint density at radius 3 is 2.24 bits per heavy atom. The molecule has 6 heteroatoms. The average Bonchev–Trinajstić information content (AvgIpc) is 2.61. The summed E-state index contributed by atoms with van der Waals surface area (Å²) in [7, 11) is 4.54. The van der Waals surface area contributed by atoms with Crippen molar-refractivity contribution in [2.45, 2.75) is 6.92 Å². The van der Waals surface area contributed by atoms with E-state index in [9.17, 15) is 9.18 Å². The zero-order chi connectivity index (χ0) is 18.4. The molecule has 0 atom stereocenters. The molecule has 0 bridgehead atoms. The maximum Gasteiger partial charge on any atom is 0.248 e. The minimum absolute atomic E-state index is 0.138. The highest BCUT2D eigenvalue weighted by Crippen LogP contribution is 2.38. The van der Waals surface area contributed by atoms with Crippen molar-refractivity contribution < 1.29 is 23.4 Å². The monoisotopic (exact) mass is 345 g/mol. The second kappa shape index (κ2) is 8.19. The standard InChI is InChI=1S/C19H20FNO4/c1-12-5-7-14(20)15(9-12)21-18(22)8-6-13-10-16(23-2)19(25-4)17(11-13)24-3/h5-11H,1-4H3,(H,21,22). The molecular formula is C19H20FNO4. The average molecular weight is 345 g/mol. The van der Waals surface area contributed by atoms with Crippen molar-refractivity contribution in [3.63, 3.8) is 0 Å². The van der Waals surface area contributed by atoms with Crippen LogP contribution in [0.5, 0.6) is 17.2 Å². The molecule has 0 aromatic heterocycles. The summed E-state index contributed by atoms with van der Waals surface area (Å²) in [5, 5.41) is 2.51. The summed E-state index contributed by atoms with van der Waals surface area (Å²) in [6.07, 6.45) is 2.88. The predicted octanol–water partition coefficient (Wildman–Crippen LogP) is 3.81. The fourth-order valence-corrected chi connectivity index (χ4v) is 2.28. The zero-order valence-electron chi connectivity index (χ0n) is 14.6. The normalized spacial score (nSPS) is 10.6. The molecule has 0 radical (unpaired) electrons. The molecule has 25 heavy (non-hydrogen) atoms. The lowest BCUT2D eigenvalue weighted by atomic mass is 10.1. The minimum atomic E-state index is -0.486. The summed E-state index contributed by atoms with van der Waals surface area (Å²) in [4.78, 5) is 12.0. The number of carbonyl (C=O) groups is 1. The molecule has 0 saturated heterocycles. The van der Waals surface area contributed by atoms with E-state index < -0.39 is 11.7 Å². The molecule has 0 aliphatic carbocycles. The van der Waals surface area contributed by atoms with Crippen molar-refractivity contribution >= 4 is 17.7 Å². The van der Waals surface area contributed by atoms with Gasteiger partial charge in [0, 0.05) is 6.08 Å². The number of methoxy groups -OCH3 is 3. The third-order valence-corrected chi connectivity index (χ3v) is 3.49. The quantitative estimate of drug-likeness (QED) is 0.809. The Balaban J connectivity index is 2.20. The number of anilines is 1. The van der Waals surface area contributed by atoms with E-state index in [4.69, 9.17) is 14.2 Å². The molecule has 0 spiro atoms. The predicted molar refractivity (Wildman–Crippen MR) is 94.9 cm³/mol. The number of amides is 1. The van der Waals surface area contributed by atoms with Gasteiger partial charge in [0.05, 0.1) is 27.0 Å². The highest BCUT2D eigenvalue weighted by atomic mass is 19.1. The lowest BCUT2D eigenvalue weighted by Gasteiger charge is -2.12. The third-order valence-electron chi connectivity index (χ3n) is 3.49. The number of ether oxygens (including phenoxy) is 3. The maximum absolute atomic E-state index is 13.7. The van der Waals surface area contributed by atoms with Gasteiger partial charge in [0.15, 0.2) is 11.5 Å². The van der Waals surface area contributed by atoms with Crippen LogP contribution in [-0.4, -0.2) is 27.2 Å². The van der Waals surface area contributed by atoms with E-state index in [1.54, 1.807) is 30.3 Å². The van der Waals surface area contributed by atoms with E-state index in [-0.39, 0.29) is 5.69 Å². The molecule has 132 valence electrons. The number of rotatable bonds is 6. The number of carbonyl (C=O) groups excluding carboxylic acids is 1. The van der Waals surface area contributed by atoms with Crippen LogP contribution in [0.2, 0.25) is 0 Å². The molecule has 1 N–H and O–H groups in total. The summed E-state index contributed by atoms with van der Waals surface area (Å²) < 4.78 is 29.5. The first kappa shape index (κ1) is 18.3. The van der Waals surface area contributed by atoms with Gasteiger partial charge in [0.2, 0.25) is 11.7 Å². The van der Waals surface area contributed by atoms with Crippen LogP contribution in [0.25, 0.3) is 6.08 Å². The molecule has 0 saturated carbocycles. The van der Waals surface area contributed by atoms with Crippen molar-refractivity contribution in [1.82, 2.24) is 0 Å². The Kier molecular flexibility index (Phi) is 6.00. The van der Waals surface area contributed by atoms with Crippen LogP contribution in [0.1, 0.15) is 11.1 Å². The zero-order valence-corrected chi connectivity index (χ0v) is 14.6. The number of aryl methyl sites for hydroxylation is 1. The topological polar surface area (TPSA) is 56.8 Å². The highest BCUT2D eigenvalue weighted by Gasteiger charge is 2.12. The highest BCUT2D eigenvalue weighted by molar-refractivity contribution is 6.02. The van der Waals surface area contributed by atoms with Gasteiger partial charge in [-0.1, -0.05) is 6.07 Å². The first-order valence-electron chi connectivity index (χ1n) is 7.53. The molecule has 2 rings (SSSR count). The molecule has 0 heterocycles. The van der Waals surface area contributed by atoms with Crippen LogP contribution >= 0.6 is 0 Å². The van der Waals surface area contributed by atoms with E-state index in [1.165, 1.54) is 33.5 Å². The Morgan fingerprint density at radius 2 is 1.68 bits per heavy atom. The van der Waals surface area contributed by atoms with Crippen molar-refractivity contribution in [2.24, 2.45) is 0 Å². The molecule has 0 fully saturated rings. The van der Waals surface area contributed by atoms with Crippen molar-refractivity contribution in [3.8, 4) is 17.2 Å². The smallest absolute Gasteiger partial charge is 0.248 e. The molecule has 0 aliphatic heterocycles. The second-order valence-electron chi connectivity index (χ2n) is 5.26. The number of halogens is 1. The summed E-state index contributed by atoms with van der Waals surface area (Å²) in [6.45, 7) is 1.82. The van der Waals surface area contributed by atoms with Crippen LogP contribution < -0.4 is 19.5 Å². The molecule has 5 nitrogen and oxygen atoms in total. The third kappa shape index (κ3) is 4.50. The first-order chi connectivity index (χ1) is 12.0. The van der Waals surface area contributed by atoms with Crippen molar-refractivity contribution in [3.05, 3.63) is 53.4 Å². The van der Waals surface area contributed by atoms with Crippen molar-refractivity contribution in [1.29, 1.82) is 0 Å². The minimum Gasteiger partial charge on any atom is -0.493 e. The fraction of sp³-hybridized carbons (Fsp3) is 0.211. The van der Waals surface area contributed by atoms with Gasteiger partial charge in [0.25, 0.3) is 0 Å². The number of hydrogen-bond donors (Lipinski definition) is 1. The second-order valence-corrected chi connectivity index (χ2v) is 5.26. The van der Waals surface area contributed by atoms with E-state index in [0.29, 0.717) is 22.8 Å². The summed E-state index contributed by atoms with van der Waals surface area (Å²) in [5.41, 5.74) is 1.67. The van der Waals surface area contributed by atoms with Gasteiger partial charge in [0.1, 0.15) is 5.82 Å². The molecule has 2 aromatic carbocycles.